The van der Waals surface area contributed by atoms with E-state index >= 15 is 0 Å². The van der Waals surface area contributed by atoms with Gasteiger partial charge in [0.05, 0.1) is 12.4 Å². The highest BCUT2D eigenvalue weighted by molar-refractivity contribution is 5.23. The first-order chi connectivity index (χ1) is 8.06. The standard InChI is InChI=1S/C15H22O2/c1-10(2)6-14-7-13(9-17-14)12-5-4-11(3)15(16)8-12/h4,7,9-10,12,15-16H,5-6,8H2,1-3H3. The second kappa shape index (κ2) is 5.09. The first-order valence-electron chi connectivity index (χ1n) is 6.48. The van der Waals surface area contributed by atoms with Crippen molar-refractivity contribution in [2.45, 2.75) is 52.1 Å². The predicted octanol–water partition coefficient (Wildman–Crippen LogP) is 3.66. The Morgan fingerprint density at radius 2 is 2.24 bits per heavy atom. The van der Waals surface area contributed by atoms with Crippen molar-refractivity contribution in [2.24, 2.45) is 5.92 Å². The Kier molecular flexibility index (Phi) is 3.72. The second-order valence-electron chi connectivity index (χ2n) is 5.58. The Hall–Kier alpha value is -1.02. The van der Waals surface area contributed by atoms with Gasteiger partial charge < -0.3 is 9.52 Å². The molecule has 0 aromatic carbocycles. The summed E-state index contributed by atoms with van der Waals surface area (Å²) in [5.74, 6) is 2.10. The van der Waals surface area contributed by atoms with Gasteiger partial charge in [0.1, 0.15) is 5.76 Å². The summed E-state index contributed by atoms with van der Waals surface area (Å²) in [6, 6.07) is 2.16. The highest BCUT2D eigenvalue weighted by Gasteiger charge is 2.22. The van der Waals surface area contributed by atoms with Gasteiger partial charge in [-0.3, -0.25) is 0 Å². The van der Waals surface area contributed by atoms with Crippen LogP contribution in [-0.2, 0) is 6.42 Å². The summed E-state index contributed by atoms with van der Waals surface area (Å²) in [4.78, 5) is 0. The van der Waals surface area contributed by atoms with Gasteiger partial charge in [0.2, 0.25) is 0 Å². The summed E-state index contributed by atoms with van der Waals surface area (Å²) in [5, 5.41) is 9.86. The summed E-state index contributed by atoms with van der Waals surface area (Å²) < 4.78 is 5.59. The molecule has 1 aromatic heterocycles. The van der Waals surface area contributed by atoms with Gasteiger partial charge in [0.25, 0.3) is 0 Å². The first-order valence-corrected chi connectivity index (χ1v) is 6.48. The van der Waals surface area contributed by atoms with Crippen LogP contribution in [0.3, 0.4) is 0 Å². The maximum atomic E-state index is 9.86. The van der Waals surface area contributed by atoms with Crippen molar-refractivity contribution in [2.75, 3.05) is 0 Å². The van der Waals surface area contributed by atoms with Gasteiger partial charge >= 0.3 is 0 Å². The summed E-state index contributed by atoms with van der Waals surface area (Å²) in [6.45, 7) is 6.39. The Labute approximate surface area is 103 Å². The lowest BCUT2D eigenvalue weighted by Crippen LogP contribution is -2.17. The molecule has 17 heavy (non-hydrogen) atoms. The molecule has 1 aliphatic rings. The van der Waals surface area contributed by atoms with E-state index in [9.17, 15) is 5.11 Å². The van der Waals surface area contributed by atoms with Gasteiger partial charge in [-0.25, -0.2) is 0 Å². The predicted molar refractivity (Wildman–Crippen MR) is 69.0 cm³/mol. The van der Waals surface area contributed by atoms with Gasteiger partial charge in [-0.15, -0.1) is 0 Å². The van der Waals surface area contributed by atoms with E-state index in [1.165, 1.54) is 5.56 Å². The lowest BCUT2D eigenvalue weighted by Gasteiger charge is -2.23. The molecule has 1 heterocycles. The maximum absolute atomic E-state index is 9.86. The molecule has 0 saturated carbocycles. The highest BCUT2D eigenvalue weighted by Crippen LogP contribution is 2.33. The van der Waals surface area contributed by atoms with Crippen molar-refractivity contribution in [1.82, 2.24) is 0 Å². The molecule has 0 amide bonds. The fourth-order valence-corrected chi connectivity index (χ4v) is 2.41. The zero-order valence-electron chi connectivity index (χ0n) is 10.9. The molecule has 2 heteroatoms. The van der Waals surface area contributed by atoms with Gasteiger partial charge in [-0.2, -0.15) is 0 Å². The van der Waals surface area contributed by atoms with E-state index in [1.807, 2.05) is 13.2 Å². The summed E-state index contributed by atoms with van der Waals surface area (Å²) in [5.41, 5.74) is 2.34. The number of hydrogen-bond acceptors (Lipinski definition) is 2. The Morgan fingerprint density at radius 1 is 1.47 bits per heavy atom. The third kappa shape index (κ3) is 3.01. The highest BCUT2D eigenvalue weighted by atomic mass is 16.3. The molecule has 2 atom stereocenters. The Bertz CT molecular complexity index is 401. The third-order valence-corrected chi connectivity index (χ3v) is 3.51. The molecule has 0 spiro atoms. The molecule has 2 nitrogen and oxygen atoms in total. The summed E-state index contributed by atoms with van der Waals surface area (Å²) in [6.07, 6.45) is 6.56. The van der Waals surface area contributed by atoms with Crippen molar-refractivity contribution in [3.8, 4) is 0 Å². The van der Waals surface area contributed by atoms with Crippen LogP contribution in [0.15, 0.2) is 28.4 Å². The Morgan fingerprint density at radius 3 is 2.88 bits per heavy atom. The number of aliphatic hydroxyl groups is 1. The van der Waals surface area contributed by atoms with Crippen LogP contribution < -0.4 is 0 Å². The molecular weight excluding hydrogens is 212 g/mol. The first kappa shape index (κ1) is 12.4. The van der Waals surface area contributed by atoms with Crippen molar-refractivity contribution >= 4 is 0 Å². The second-order valence-corrected chi connectivity index (χ2v) is 5.58. The van der Waals surface area contributed by atoms with Crippen LogP contribution in [0.25, 0.3) is 0 Å². The zero-order chi connectivity index (χ0) is 12.4. The SMILES string of the molecule is CC1=CCC(c2coc(CC(C)C)c2)CC1O. The average molecular weight is 234 g/mol. The Balaban J connectivity index is 2.06. The molecule has 94 valence electrons. The molecule has 1 N–H and O–H groups in total. The maximum Gasteiger partial charge on any atom is 0.104 e. The van der Waals surface area contributed by atoms with Crippen molar-refractivity contribution < 1.29 is 9.52 Å². The third-order valence-electron chi connectivity index (χ3n) is 3.51. The van der Waals surface area contributed by atoms with E-state index in [-0.39, 0.29) is 6.10 Å². The van der Waals surface area contributed by atoms with Crippen LogP contribution in [0, 0.1) is 5.92 Å². The van der Waals surface area contributed by atoms with Crippen LogP contribution in [-0.4, -0.2) is 11.2 Å². The van der Waals surface area contributed by atoms with E-state index < -0.39 is 0 Å². The van der Waals surface area contributed by atoms with Gasteiger partial charge in [-0.05, 0) is 48.8 Å². The molecule has 2 unspecified atom stereocenters. The summed E-state index contributed by atoms with van der Waals surface area (Å²) >= 11 is 0. The summed E-state index contributed by atoms with van der Waals surface area (Å²) in [7, 11) is 0. The van der Waals surface area contributed by atoms with Crippen LogP contribution in [0.2, 0.25) is 0 Å². The average Bonchev–Trinajstić information content (AvgIpc) is 2.69. The molecule has 2 rings (SSSR count). The minimum atomic E-state index is -0.280. The monoisotopic (exact) mass is 234 g/mol. The largest absolute Gasteiger partial charge is 0.469 e. The topological polar surface area (TPSA) is 33.4 Å². The smallest absolute Gasteiger partial charge is 0.104 e. The molecule has 0 saturated heterocycles. The molecule has 1 aromatic rings. The van der Waals surface area contributed by atoms with Crippen LogP contribution in [0.4, 0.5) is 0 Å². The van der Waals surface area contributed by atoms with Crippen molar-refractivity contribution in [3.63, 3.8) is 0 Å². The van der Waals surface area contributed by atoms with Gasteiger partial charge in [0.15, 0.2) is 0 Å². The van der Waals surface area contributed by atoms with Crippen molar-refractivity contribution in [1.29, 1.82) is 0 Å². The van der Waals surface area contributed by atoms with Crippen LogP contribution >= 0.6 is 0 Å². The number of rotatable bonds is 3. The molecule has 0 fully saturated rings. The lowest BCUT2D eigenvalue weighted by molar-refractivity contribution is 0.182. The minimum absolute atomic E-state index is 0.280. The zero-order valence-corrected chi connectivity index (χ0v) is 10.9. The molecule has 0 bridgehead atoms. The van der Waals surface area contributed by atoms with E-state index in [4.69, 9.17) is 4.42 Å². The number of aliphatic hydroxyl groups excluding tert-OH is 1. The molecule has 0 radical (unpaired) electrons. The van der Waals surface area contributed by atoms with E-state index in [1.54, 1.807) is 0 Å². The van der Waals surface area contributed by atoms with Crippen molar-refractivity contribution in [3.05, 3.63) is 35.3 Å². The quantitative estimate of drug-likeness (QED) is 0.810. The van der Waals surface area contributed by atoms with Crippen LogP contribution in [0.1, 0.15) is 50.9 Å². The van der Waals surface area contributed by atoms with Crippen LogP contribution in [0.5, 0.6) is 0 Å². The van der Waals surface area contributed by atoms with Gasteiger partial charge in [0, 0.05) is 6.42 Å². The molecular formula is C15H22O2. The molecule has 1 aliphatic carbocycles. The number of allylic oxidation sites excluding steroid dienone is 1. The van der Waals surface area contributed by atoms with E-state index in [2.05, 4.69) is 26.0 Å². The minimum Gasteiger partial charge on any atom is -0.469 e. The normalized spacial score (nSPS) is 25.1. The lowest BCUT2D eigenvalue weighted by atomic mass is 9.84. The number of furan rings is 1. The number of hydrogen-bond donors (Lipinski definition) is 1. The van der Waals surface area contributed by atoms with E-state index in [0.29, 0.717) is 11.8 Å². The fourth-order valence-electron chi connectivity index (χ4n) is 2.41. The van der Waals surface area contributed by atoms with E-state index in [0.717, 1.165) is 30.6 Å². The van der Waals surface area contributed by atoms with Gasteiger partial charge in [-0.1, -0.05) is 19.9 Å². The molecule has 0 aliphatic heterocycles. The fraction of sp³-hybridized carbons (Fsp3) is 0.600.